The Balaban J connectivity index is 1.94. The highest BCUT2D eigenvalue weighted by Crippen LogP contribution is 2.22. The lowest BCUT2D eigenvalue weighted by Gasteiger charge is -2.22. The summed E-state index contributed by atoms with van der Waals surface area (Å²) in [5, 5.41) is 4.01. The summed E-state index contributed by atoms with van der Waals surface area (Å²) < 4.78 is 8.23. The summed E-state index contributed by atoms with van der Waals surface area (Å²) in [6, 6.07) is 7.77. The molecule has 2 aromatic heterocycles. The SMILES string of the molecule is CCc1nc(-c2c3n(c(=O)n(Cc4ccccc4C)c2=O)CCCC3)no1. The average molecular weight is 366 g/mol. The van der Waals surface area contributed by atoms with Crippen LogP contribution in [0.4, 0.5) is 0 Å². The zero-order valence-corrected chi connectivity index (χ0v) is 15.6. The molecule has 0 radical (unpaired) electrons. The third-order valence-electron chi connectivity index (χ3n) is 5.16. The predicted octanol–water partition coefficient (Wildman–Crippen LogP) is 2.32. The van der Waals surface area contributed by atoms with Gasteiger partial charge in [-0.3, -0.25) is 13.9 Å². The van der Waals surface area contributed by atoms with Crippen LogP contribution < -0.4 is 11.2 Å². The van der Waals surface area contributed by atoms with Crippen LogP contribution in [-0.2, 0) is 25.9 Å². The lowest BCUT2D eigenvalue weighted by Crippen LogP contribution is -2.44. The standard InChI is InChI=1S/C20H22N4O3/c1-3-16-21-18(22-27-16)17-15-10-6-7-11-23(15)20(26)24(19(17)25)12-14-9-5-4-8-13(14)2/h4-5,8-9H,3,6-7,10-12H2,1-2H3. The van der Waals surface area contributed by atoms with Crippen LogP contribution in [0.2, 0.25) is 0 Å². The Morgan fingerprint density at radius 2 is 2.00 bits per heavy atom. The van der Waals surface area contributed by atoms with Gasteiger partial charge >= 0.3 is 5.69 Å². The van der Waals surface area contributed by atoms with Gasteiger partial charge in [0.05, 0.1) is 6.54 Å². The Hall–Kier alpha value is -2.96. The van der Waals surface area contributed by atoms with E-state index in [9.17, 15) is 9.59 Å². The van der Waals surface area contributed by atoms with Gasteiger partial charge in [-0.05, 0) is 37.3 Å². The van der Waals surface area contributed by atoms with E-state index in [0.717, 1.165) is 29.7 Å². The van der Waals surface area contributed by atoms with Crippen LogP contribution in [0.1, 0.15) is 42.5 Å². The van der Waals surface area contributed by atoms with Gasteiger partial charge in [-0.25, -0.2) is 4.79 Å². The normalized spacial score (nSPS) is 13.6. The molecular formula is C20H22N4O3. The summed E-state index contributed by atoms with van der Waals surface area (Å²) in [6.07, 6.45) is 3.12. The Kier molecular flexibility index (Phi) is 4.51. The molecule has 0 spiro atoms. The fourth-order valence-electron chi connectivity index (χ4n) is 3.62. The Morgan fingerprint density at radius 1 is 1.19 bits per heavy atom. The van der Waals surface area contributed by atoms with Crippen LogP contribution in [0.5, 0.6) is 0 Å². The number of nitrogens with zero attached hydrogens (tertiary/aromatic N) is 4. The molecular weight excluding hydrogens is 344 g/mol. The summed E-state index contributed by atoms with van der Waals surface area (Å²) in [6.45, 7) is 4.73. The van der Waals surface area contributed by atoms with E-state index in [1.54, 1.807) is 4.57 Å². The first-order chi connectivity index (χ1) is 13.1. The largest absolute Gasteiger partial charge is 0.339 e. The van der Waals surface area contributed by atoms with Gasteiger partial charge in [0.15, 0.2) is 0 Å². The lowest BCUT2D eigenvalue weighted by molar-refractivity contribution is 0.382. The van der Waals surface area contributed by atoms with E-state index in [0.29, 0.717) is 30.8 Å². The van der Waals surface area contributed by atoms with Gasteiger partial charge in [0.2, 0.25) is 11.7 Å². The number of benzene rings is 1. The van der Waals surface area contributed by atoms with Gasteiger partial charge in [-0.15, -0.1) is 0 Å². The van der Waals surface area contributed by atoms with Crippen LogP contribution in [0.3, 0.4) is 0 Å². The van der Waals surface area contributed by atoms with Crippen molar-refractivity contribution in [2.24, 2.45) is 0 Å². The van der Waals surface area contributed by atoms with Crippen molar-refractivity contribution in [3.8, 4) is 11.4 Å². The Bertz CT molecular complexity index is 1110. The molecule has 7 nitrogen and oxygen atoms in total. The molecule has 0 atom stereocenters. The summed E-state index contributed by atoms with van der Waals surface area (Å²) in [4.78, 5) is 30.7. The minimum absolute atomic E-state index is 0.232. The molecule has 0 aliphatic carbocycles. The van der Waals surface area contributed by atoms with Crippen molar-refractivity contribution in [3.63, 3.8) is 0 Å². The van der Waals surface area contributed by atoms with Crippen molar-refractivity contribution in [2.45, 2.75) is 52.6 Å². The molecule has 0 amide bonds. The van der Waals surface area contributed by atoms with Gasteiger partial charge < -0.3 is 4.52 Å². The van der Waals surface area contributed by atoms with Crippen molar-refractivity contribution in [1.82, 2.24) is 19.3 Å². The quantitative estimate of drug-likeness (QED) is 0.708. The lowest BCUT2D eigenvalue weighted by atomic mass is 10.0. The first kappa shape index (κ1) is 17.5. The smallest absolute Gasteiger partial charge is 0.331 e. The molecule has 27 heavy (non-hydrogen) atoms. The molecule has 4 rings (SSSR count). The monoisotopic (exact) mass is 366 g/mol. The summed E-state index contributed by atoms with van der Waals surface area (Å²) >= 11 is 0. The number of aryl methyl sites for hydroxylation is 2. The first-order valence-corrected chi connectivity index (χ1v) is 9.34. The van der Waals surface area contributed by atoms with Gasteiger partial charge in [-0.1, -0.05) is 36.3 Å². The zero-order chi connectivity index (χ0) is 19.0. The van der Waals surface area contributed by atoms with Crippen molar-refractivity contribution in [3.05, 3.63) is 67.8 Å². The van der Waals surface area contributed by atoms with E-state index in [2.05, 4.69) is 10.1 Å². The van der Waals surface area contributed by atoms with Gasteiger partial charge in [0.1, 0.15) is 5.56 Å². The molecule has 7 heteroatoms. The number of aromatic nitrogens is 4. The highest BCUT2D eigenvalue weighted by molar-refractivity contribution is 5.57. The van der Waals surface area contributed by atoms with Gasteiger partial charge in [-0.2, -0.15) is 4.98 Å². The summed E-state index contributed by atoms with van der Waals surface area (Å²) in [5.41, 5.74) is 2.50. The number of hydrogen-bond donors (Lipinski definition) is 0. The highest BCUT2D eigenvalue weighted by atomic mass is 16.5. The molecule has 1 aliphatic rings. The maximum atomic E-state index is 13.3. The molecule has 140 valence electrons. The topological polar surface area (TPSA) is 82.9 Å². The first-order valence-electron chi connectivity index (χ1n) is 9.34. The molecule has 0 fully saturated rings. The summed E-state index contributed by atoms with van der Waals surface area (Å²) in [7, 11) is 0. The second-order valence-electron chi connectivity index (χ2n) is 6.90. The van der Waals surface area contributed by atoms with E-state index in [4.69, 9.17) is 4.52 Å². The fourth-order valence-corrected chi connectivity index (χ4v) is 3.62. The Morgan fingerprint density at radius 3 is 2.74 bits per heavy atom. The van der Waals surface area contributed by atoms with Gasteiger partial charge in [0.25, 0.3) is 5.56 Å². The highest BCUT2D eigenvalue weighted by Gasteiger charge is 2.25. The van der Waals surface area contributed by atoms with Crippen LogP contribution in [0.25, 0.3) is 11.4 Å². The molecule has 3 heterocycles. The maximum absolute atomic E-state index is 13.3. The van der Waals surface area contributed by atoms with Crippen LogP contribution in [0.15, 0.2) is 38.4 Å². The van der Waals surface area contributed by atoms with Crippen molar-refractivity contribution >= 4 is 0 Å². The van der Waals surface area contributed by atoms with Crippen LogP contribution in [0, 0.1) is 6.92 Å². The van der Waals surface area contributed by atoms with Crippen LogP contribution in [-0.4, -0.2) is 19.3 Å². The third-order valence-corrected chi connectivity index (χ3v) is 5.16. The van der Waals surface area contributed by atoms with E-state index in [1.807, 2.05) is 38.1 Å². The van der Waals surface area contributed by atoms with E-state index in [-0.39, 0.29) is 23.6 Å². The fraction of sp³-hybridized carbons (Fsp3) is 0.400. The molecule has 0 unspecified atom stereocenters. The summed E-state index contributed by atoms with van der Waals surface area (Å²) in [5.74, 6) is 0.761. The molecule has 0 saturated carbocycles. The maximum Gasteiger partial charge on any atom is 0.331 e. The van der Waals surface area contributed by atoms with Crippen molar-refractivity contribution in [1.29, 1.82) is 0 Å². The van der Waals surface area contributed by atoms with Gasteiger partial charge in [0, 0.05) is 18.7 Å². The number of rotatable bonds is 4. The third kappa shape index (κ3) is 3.03. The van der Waals surface area contributed by atoms with Crippen LogP contribution >= 0.6 is 0 Å². The van der Waals surface area contributed by atoms with E-state index < -0.39 is 0 Å². The minimum atomic E-state index is -0.347. The molecule has 0 saturated heterocycles. The average Bonchev–Trinajstić information content (AvgIpc) is 3.15. The van der Waals surface area contributed by atoms with E-state index in [1.165, 1.54) is 4.57 Å². The second-order valence-corrected chi connectivity index (χ2v) is 6.90. The van der Waals surface area contributed by atoms with E-state index >= 15 is 0 Å². The number of hydrogen-bond acceptors (Lipinski definition) is 5. The molecule has 0 N–H and O–H groups in total. The zero-order valence-electron chi connectivity index (χ0n) is 15.6. The van der Waals surface area contributed by atoms with Crippen molar-refractivity contribution in [2.75, 3.05) is 0 Å². The molecule has 1 aliphatic heterocycles. The molecule has 0 bridgehead atoms. The minimum Gasteiger partial charge on any atom is -0.339 e. The second kappa shape index (κ2) is 6.98. The number of fused-ring (bicyclic) bond motifs is 1. The molecule has 3 aromatic rings. The Labute approximate surface area is 156 Å². The molecule has 1 aromatic carbocycles. The van der Waals surface area contributed by atoms with Crippen molar-refractivity contribution < 1.29 is 4.52 Å². The predicted molar refractivity (Wildman–Crippen MR) is 101 cm³/mol.